The normalized spacial score (nSPS) is 12.2. The number of nitrogens with one attached hydrogen (secondary N) is 2. The minimum absolute atomic E-state index is 0.0487. The van der Waals surface area contributed by atoms with Gasteiger partial charge < -0.3 is 20.5 Å². The minimum Gasteiger partial charge on any atom is -0.480 e. The Morgan fingerprint density at radius 1 is 1.38 bits per heavy atom. The molecule has 1 unspecified atom stereocenters. The number of carbonyl (C=O) groups excluding carboxylic acids is 1. The first kappa shape index (κ1) is 14.7. The first-order valence-corrected chi connectivity index (χ1v) is 5.23. The molecule has 0 aliphatic carbocycles. The van der Waals surface area contributed by atoms with Gasteiger partial charge in [0.05, 0.1) is 6.61 Å². The maximum Gasteiger partial charge on any atom is 0.328 e. The molecule has 3 N–H and O–H groups in total. The molecular formula is C10H20N2O4. The van der Waals surface area contributed by atoms with Gasteiger partial charge in [0.2, 0.25) is 0 Å². The Bertz CT molecular complexity index is 231. The third-order valence-corrected chi connectivity index (χ3v) is 1.94. The molecule has 1 atom stereocenters. The quantitative estimate of drug-likeness (QED) is 0.594. The molecule has 0 bridgehead atoms. The third kappa shape index (κ3) is 7.05. The molecule has 0 aromatic rings. The second-order valence-electron chi connectivity index (χ2n) is 3.93. The fourth-order valence-electron chi connectivity index (χ4n) is 1.03. The smallest absolute Gasteiger partial charge is 0.328 e. The van der Waals surface area contributed by atoms with Crippen molar-refractivity contribution in [1.29, 1.82) is 0 Å². The summed E-state index contributed by atoms with van der Waals surface area (Å²) in [7, 11) is 1.38. The Morgan fingerprint density at radius 2 is 2.00 bits per heavy atom. The molecule has 0 aromatic carbocycles. The Hall–Kier alpha value is -1.30. The van der Waals surface area contributed by atoms with E-state index >= 15 is 0 Å². The van der Waals surface area contributed by atoms with Crippen LogP contribution in [0.25, 0.3) is 0 Å². The van der Waals surface area contributed by atoms with E-state index in [4.69, 9.17) is 5.11 Å². The van der Waals surface area contributed by atoms with Crippen molar-refractivity contribution in [1.82, 2.24) is 10.6 Å². The summed E-state index contributed by atoms with van der Waals surface area (Å²) in [6.07, 6.45) is 0.857. The molecule has 0 spiro atoms. The van der Waals surface area contributed by atoms with Gasteiger partial charge in [-0.3, -0.25) is 0 Å². The summed E-state index contributed by atoms with van der Waals surface area (Å²) < 4.78 is 4.69. The molecule has 0 aliphatic rings. The molecule has 6 heteroatoms. The molecule has 0 rings (SSSR count). The summed E-state index contributed by atoms with van der Waals surface area (Å²) >= 11 is 0. The van der Waals surface area contributed by atoms with Crippen LogP contribution in [0.5, 0.6) is 0 Å². The van der Waals surface area contributed by atoms with E-state index in [1.807, 2.05) is 13.8 Å². The van der Waals surface area contributed by atoms with Gasteiger partial charge >= 0.3 is 12.0 Å². The maximum absolute atomic E-state index is 11.3. The van der Waals surface area contributed by atoms with Crippen LogP contribution in [-0.2, 0) is 9.53 Å². The van der Waals surface area contributed by atoms with Crippen LogP contribution in [0.15, 0.2) is 0 Å². The molecule has 2 amide bonds. The highest BCUT2D eigenvalue weighted by atomic mass is 16.5. The van der Waals surface area contributed by atoms with E-state index < -0.39 is 18.0 Å². The van der Waals surface area contributed by atoms with Gasteiger partial charge in [-0.1, -0.05) is 13.8 Å². The number of urea groups is 1. The predicted octanol–water partition coefficient (Wildman–Crippen LogP) is 0.431. The van der Waals surface area contributed by atoms with Crippen molar-refractivity contribution >= 4 is 12.0 Å². The average Bonchev–Trinajstić information content (AvgIpc) is 2.16. The Balaban J connectivity index is 3.86. The zero-order valence-electron chi connectivity index (χ0n) is 9.95. The van der Waals surface area contributed by atoms with Gasteiger partial charge in [0.1, 0.15) is 0 Å². The van der Waals surface area contributed by atoms with Gasteiger partial charge in [-0.2, -0.15) is 0 Å². The number of amides is 2. The zero-order valence-corrected chi connectivity index (χ0v) is 9.95. The molecule has 0 fully saturated rings. The monoisotopic (exact) mass is 232 g/mol. The Kier molecular flexibility index (Phi) is 7.28. The van der Waals surface area contributed by atoms with E-state index in [-0.39, 0.29) is 6.61 Å². The summed E-state index contributed by atoms with van der Waals surface area (Å²) in [5.74, 6) is -0.615. The number of rotatable bonds is 7. The van der Waals surface area contributed by atoms with Crippen molar-refractivity contribution in [2.75, 3.05) is 20.3 Å². The minimum atomic E-state index is -1.11. The van der Waals surface area contributed by atoms with E-state index in [2.05, 4.69) is 15.4 Å². The van der Waals surface area contributed by atoms with Gasteiger partial charge in [-0.15, -0.1) is 0 Å². The standard InChI is InChI=1S/C10H20N2O4/c1-7(2)4-5-11-10(15)12-8(6-16-3)9(13)14/h7-8H,4-6H2,1-3H3,(H,13,14)(H2,11,12,15). The molecule has 0 heterocycles. The number of ether oxygens (including phenoxy) is 1. The van der Waals surface area contributed by atoms with Gasteiger partial charge in [0.25, 0.3) is 0 Å². The lowest BCUT2D eigenvalue weighted by Gasteiger charge is -2.14. The maximum atomic E-state index is 11.3. The molecule has 6 nitrogen and oxygen atoms in total. The topological polar surface area (TPSA) is 87.7 Å². The number of carbonyl (C=O) groups is 2. The van der Waals surface area contributed by atoms with Crippen LogP contribution in [0.2, 0.25) is 0 Å². The fourth-order valence-corrected chi connectivity index (χ4v) is 1.03. The largest absolute Gasteiger partial charge is 0.480 e. The van der Waals surface area contributed by atoms with Crippen LogP contribution in [-0.4, -0.2) is 43.4 Å². The van der Waals surface area contributed by atoms with E-state index in [1.165, 1.54) is 7.11 Å². The molecule has 16 heavy (non-hydrogen) atoms. The lowest BCUT2D eigenvalue weighted by Crippen LogP contribution is -2.48. The third-order valence-electron chi connectivity index (χ3n) is 1.94. The van der Waals surface area contributed by atoms with Gasteiger partial charge in [-0.05, 0) is 12.3 Å². The molecule has 0 radical (unpaired) electrons. The molecule has 94 valence electrons. The lowest BCUT2D eigenvalue weighted by atomic mass is 10.1. The number of aliphatic carboxylic acids is 1. The van der Waals surface area contributed by atoms with Crippen molar-refractivity contribution in [2.45, 2.75) is 26.3 Å². The summed E-state index contributed by atoms with van der Waals surface area (Å²) in [6.45, 7) is 4.57. The van der Waals surface area contributed by atoms with Gasteiger partial charge in [0.15, 0.2) is 6.04 Å². The summed E-state index contributed by atoms with van der Waals surface area (Å²) in [6, 6.07) is -1.49. The van der Waals surface area contributed by atoms with E-state index in [1.54, 1.807) is 0 Å². The molecule has 0 saturated heterocycles. The van der Waals surface area contributed by atoms with Crippen LogP contribution in [0, 0.1) is 5.92 Å². The van der Waals surface area contributed by atoms with E-state index in [9.17, 15) is 9.59 Å². The van der Waals surface area contributed by atoms with Crippen LogP contribution in [0.1, 0.15) is 20.3 Å². The first-order chi connectivity index (χ1) is 7.47. The van der Waals surface area contributed by atoms with Crippen molar-refractivity contribution in [3.05, 3.63) is 0 Å². The number of hydrogen-bond acceptors (Lipinski definition) is 3. The summed E-state index contributed by atoms with van der Waals surface area (Å²) in [4.78, 5) is 22.0. The van der Waals surface area contributed by atoms with Crippen molar-refractivity contribution in [3.8, 4) is 0 Å². The lowest BCUT2D eigenvalue weighted by molar-refractivity contribution is -0.140. The highest BCUT2D eigenvalue weighted by molar-refractivity contribution is 5.82. The van der Waals surface area contributed by atoms with Crippen molar-refractivity contribution in [2.24, 2.45) is 5.92 Å². The van der Waals surface area contributed by atoms with Crippen LogP contribution >= 0.6 is 0 Å². The van der Waals surface area contributed by atoms with Crippen molar-refractivity contribution in [3.63, 3.8) is 0 Å². The van der Waals surface area contributed by atoms with Gasteiger partial charge in [-0.25, -0.2) is 9.59 Å². The predicted molar refractivity (Wildman–Crippen MR) is 59.3 cm³/mol. The first-order valence-electron chi connectivity index (χ1n) is 5.23. The van der Waals surface area contributed by atoms with Crippen LogP contribution in [0.3, 0.4) is 0 Å². The molecule has 0 aliphatic heterocycles. The Labute approximate surface area is 95.4 Å². The van der Waals surface area contributed by atoms with E-state index in [0.717, 1.165) is 6.42 Å². The Morgan fingerprint density at radius 3 is 2.44 bits per heavy atom. The van der Waals surface area contributed by atoms with Gasteiger partial charge in [0, 0.05) is 13.7 Å². The zero-order chi connectivity index (χ0) is 12.6. The van der Waals surface area contributed by atoms with Crippen LogP contribution < -0.4 is 10.6 Å². The highest BCUT2D eigenvalue weighted by Gasteiger charge is 2.19. The second-order valence-corrected chi connectivity index (χ2v) is 3.93. The molecule has 0 saturated carbocycles. The molecule has 0 aromatic heterocycles. The number of carboxylic acids is 1. The highest BCUT2D eigenvalue weighted by Crippen LogP contribution is 1.96. The van der Waals surface area contributed by atoms with Crippen LogP contribution in [0.4, 0.5) is 4.79 Å². The number of methoxy groups -OCH3 is 1. The van der Waals surface area contributed by atoms with E-state index in [0.29, 0.717) is 12.5 Å². The average molecular weight is 232 g/mol. The fraction of sp³-hybridized carbons (Fsp3) is 0.800. The summed E-state index contributed by atoms with van der Waals surface area (Å²) in [5, 5.41) is 13.6. The number of carboxylic acid groups (broad SMARTS) is 1. The number of hydrogen-bond donors (Lipinski definition) is 3. The second kappa shape index (κ2) is 7.92. The van der Waals surface area contributed by atoms with Crippen molar-refractivity contribution < 1.29 is 19.4 Å². The SMILES string of the molecule is COCC(NC(=O)NCCC(C)C)C(=O)O. The molecular weight excluding hydrogens is 212 g/mol. The summed E-state index contributed by atoms with van der Waals surface area (Å²) in [5.41, 5.74) is 0.